The van der Waals surface area contributed by atoms with Crippen molar-refractivity contribution in [3.05, 3.63) is 39.9 Å². The first-order valence-electron chi connectivity index (χ1n) is 6.17. The normalized spacial score (nSPS) is 9.70. The maximum Gasteiger partial charge on any atom is 0.274 e. The molecule has 0 aliphatic carbocycles. The van der Waals surface area contributed by atoms with Crippen molar-refractivity contribution < 1.29 is 9.72 Å². The fraction of sp³-hybridized carbons (Fsp3) is 0.462. The first kappa shape index (κ1) is 18.3. The van der Waals surface area contributed by atoms with Crippen LogP contribution in [0.2, 0.25) is 0 Å². The van der Waals surface area contributed by atoms with Crippen LogP contribution in [0.1, 0.15) is 18.4 Å². The van der Waals surface area contributed by atoms with Crippen molar-refractivity contribution in [2.24, 2.45) is 0 Å². The van der Waals surface area contributed by atoms with E-state index in [1.54, 1.807) is 25.2 Å². The highest BCUT2D eigenvalue weighted by atomic mass is 35.5. The van der Waals surface area contributed by atoms with Gasteiger partial charge in [-0.25, -0.2) is 0 Å². The molecule has 0 bridgehead atoms. The van der Waals surface area contributed by atoms with E-state index < -0.39 is 4.92 Å². The van der Waals surface area contributed by atoms with Gasteiger partial charge in [-0.1, -0.05) is 18.2 Å². The maximum atomic E-state index is 11.8. The summed E-state index contributed by atoms with van der Waals surface area (Å²) in [6.07, 6.45) is 1.20. The number of benzene rings is 1. The van der Waals surface area contributed by atoms with Gasteiger partial charge in [0.25, 0.3) is 5.69 Å². The molecule has 1 aromatic carbocycles. The van der Waals surface area contributed by atoms with Gasteiger partial charge in [-0.15, -0.1) is 12.4 Å². The van der Waals surface area contributed by atoms with E-state index in [2.05, 4.69) is 5.32 Å². The second-order valence-electron chi connectivity index (χ2n) is 4.34. The summed E-state index contributed by atoms with van der Waals surface area (Å²) in [5, 5.41) is 13.9. The van der Waals surface area contributed by atoms with Crippen LogP contribution in [0.3, 0.4) is 0 Å². The van der Waals surface area contributed by atoms with Gasteiger partial charge in [0.05, 0.1) is 11.5 Å². The largest absolute Gasteiger partial charge is 0.341 e. The number of amides is 1. The van der Waals surface area contributed by atoms with E-state index >= 15 is 0 Å². The Morgan fingerprint density at radius 3 is 2.65 bits per heavy atom. The SMILES string of the molecule is CNCCCC(=O)N(C)Cc1ccccc1[N+](=O)[O-].Cl. The Bertz CT molecular complexity index is 454. The molecule has 0 fully saturated rings. The fourth-order valence-corrected chi connectivity index (χ4v) is 1.77. The van der Waals surface area contributed by atoms with Crippen LogP contribution < -0.4 is 5.32 Å². The van der Waals surface area contributed by atoms with Gasteiger partial charge in [0.1, 0.15) is 0 Å². The lowest BCUT2D eigenvalue weighted by Crippen LogP contribution is -2.27. The molecule has 112 valence electrons. The number of nitro benzene ring substituents is 1. The van der Waals surface area contributed by atoms with Gasteiger partial charge in [0.2, 0.25) is 5.91 Å². The number of para-hydroxylation sites is 1. The van der Waals surface area contributed by atoms with Crippen LogP contribution in [-0.4, -0.2) is 36.4 Å². The van der Waals surface area contributed by atoms with Crippen molar-refractivity contribution in [2.75, 3.05) is 20.6 Å². The predicted molar refractivity (Wildman–Crippen MR) is 80.0 cm³/mol. The molecule has 0 saturated carbocycles. The molecule has 0 radical (unpaired) electrons. The zero-order valence-electron chi connectivity index (χ0n) is 11.7. The van der Waals surface area contributed by atoms with Crippen molar-refractivity contribution in [3.63, 3.8) is 0 Å². The van der Waals surface area contributed by atoms with E-state index in [9.17, 15) is 14.9 Å². The average Bonchev–Trinajstić information content (AvgIpc) is 2.39. The van der Waals surface area contributed by atoms with Crippen LogP contribution >= 0.6 is 12.4 Å². The molecule has 0 unspecified atom stereocenters. The molecule has 1 amide bonds. The number of rotatable bonds is 7. The van der Waals surface area contributed by atoms with Crippen LogP contribution in [0.25, 0.3) is 0 Å². The molecule has 1 aromatic rings. The van der Waals surface area contributed by atoms with Crippen LogP contribution in [-0.2, 0) is 11.3 Å². The lowest BCUT2D eigenvalue weighted by Gasteiger charge is -2.17. The van der Waals surface area contributed by atoms with Gasteiger partial charge in [0.15, 0.2) is 0 Å². The second-order valence-corrected chi connectivity index (χ2v) is 4.34. The van der Waals surface area contributed by atoms with E-state index in [0.29, 0.717) is 12.0 Å². The number of hydrogen-bond donors (Lipinski definition) is 1. The standard InChI is InChI=1S/C13H19N3O3.ClH/c1-14-9-5-8-13(17)15(2)10-11-6-3-4-7-12(11)16(18)19;/h3-4,6-7,14H,5,8-10H2,1-2H3;1H. The molecule has 1 rings (SSSR count). The fourth-order valence-electron chi connectivity index (χ4n) is 1.77. The smallest absolute Gasteiger partial charge is 0.274 e. The summed E-state index contributed by atoms with van der Waals surface area (Å²) in [4.78, 5) is 23.8. The summed E-state index contributed by atoms with van der Waals surface area (Å²) in [7, 11) is 3.50. The first-order chi connectivity index (χ1) is 9.06. The Kier molecular flexibility index (Phi) is 8.51. The van der Waals surface area contributed by atoms with E-state index in [-0.39, 0.29) is 30.5 Å². The minimum absolute atomic E-state index is 0. The summed E-state index contributed by atoms with van der Waals surface area (Å²) in [5.41, 5.74) is 0.606. The molecular weight excluding hydrogens is 282 g/mol. The zero-order valence-corrected chi connectivity index (χ0v) is 12.5. The minimum Gasteiger partial charge on any atom is -0.341 e. The highest BCUT2D eigenvalue weighted by Gasteiger charge is 2.16. The Labute approximate surface area is 124 Å². The third-order valence-electron chi connectivity index (χ3n) is 2.84. The van der Waals surface area contributed by atoms with Crippen molar-refractivity contribution in [1.29, 1.82) is 0 Å². The topological polar surface area (TPSA) is 75.5 Å². The number of nitrogens with one attached hydrogen (secondary N) is 1. The van der Waals surface area contributed by atoms with Gasteiger partial charge >= 0.3 is 0 Å². The lowest BCUT2D eigenvalue weighted by molar-refractivity contribution is -0.385. The lowest BCUT2D eigenvalue weighted by atomic mass is 10.1. The number of halogens is 1. The number of hydrogen-bond acceptors (Lipinski definition) is 4. The van der Waals surface area contributed by atoms with Crippen LogP contribution in [0.4, 0.5) is 5.69 Å². The molecule has 0 heterocycles. The molecule has 0 saturated heterocycles. The van der Waals surface area contributed by atoms with Gasteiger partial charge in [-0.3, -0.25) is 14.9 Å². The van der Waals surface area contributed by atoms with Gasteiger partial charge in [-0.05, 0) is 20.0 Å². The molecule has 0 aromatic heterocycles. The predicted octanol–water partition coefficient (Wildman–Crippen LogP) is 1.97. The minimum atomic E-state index is -0.422. The molecule has 0 spiro atoms. The summed E-state index contributed by atoms with van der Waals surface area (Å²) < 4.78 is 0. The molecule has 0 aliphatic rings. The summed E-state index contributed by atoms with van der Waals surface area (Å²) >= 11 is 0. The van der Waals surface area contributed by atoms with Crippen molar-refractivity contribution >= 4 is 24.0 Å². The molecule has 0 atom stereocenters. The Morgan fingerprint density at radius 1 is 1.40 bits per heavy atom. The Balaban J connectivity index is 0.00000361. The second kappa shape index (κ2) is 9.28. The van der Waals surface area contributed by atoms with Gasteiger partial charge in [-0.2, -0.15) is 0 Å². The number of carbonyl (C=O) groups is 1. The summed E-state index contributed by atoms with van der Waals surface area (Å²) in [5.74, 6) is -0.00611. The van der Waals surface area contributed by atoms with E-state index in [1.165, 1.54) is 11.0 Å². The van der Waals surface area contributed by atoms with Gasteiger partial charge in [0, 0.05) is 25.1 Å². The van der Waals surface area contributed by atoms with Crippen molar-refractivity contribution in [2.45, 2.75) is 19.4 Å². The van der Waals surface area contributed by atoms with Crippen molar-refractivity contribution in [3.8, 4) is 0 Å². The molecule has 7 heteroatoms. The average molecular weight is 302 g/mol. The van der Waals surface area contributed by atoms with E-state index in [1.807, 2.05) is 7.05 Å². The zero-order chi connectivity index (χ0) is 14.3. The molecule has 6 nitrogen and oxygen atoms in total. The summed E-state index contributed by atoms with van der Waals surface area (Å²) in [6, 6.07) is 6.49. The maximum absolute atomic E-state index is 11.8. The quantitative estimate of drug-likeness (QED) is 0.475. The number of nitrogens with zero attached hydrogens (tertiary/aromatic N) is 2. The third kappa shape index (κ3) is 5.54. The Hall–Kier alpha value is -1.66. The monoisotopic (exact) mass is 301 g/mol. The van der Waals surface area contributed by atoms with E-state index in [0.717, 1.165) is 13.0 Å². The van der Waals surface area contributed by atoms with Crippen LogP contribution in [0, 0.1) is 10.1 Å². The van der Waals surface area contributed by atoms with Crippen molar-refractivity contribution in [1.82, 2.24) is 10.2 Å². The summed E-state index contributed by atoms with van der Waals surface area (Å²) in [6.45, 7) is 1.04. The van der Waals surface area contributed by atoms with Crippen LogP contribution in [0.15, 0.2) is 24.3 Å². The van der Waals surface area contributed by atoms with Crippen LogP contribution in [0.5, 0.6) is 0 Å². The molecular formula is C13H20ClN3O3. The number of nitro groups is 1. The highest BCUT2D eigenvalue weighted by molar-refractivity contribution is 5.85. The number of carbonyl (C=O) groups excluding carboxylic acids is 1. The molecule has 20 heavy (non-hydrogen) atoms. The first-order valence-corrected chi connectivity index (χ1v) is 6.17. The Morgan fingerprint density at radius 2 is 2.05 bits per heavy atom. The molecule has 0 aliphatic heterocycles. The molecule has 1 N–H and O–H groups in total. The third-order valence-corrected chi connectivity index (χ3v) is 2.84. The van der Waals surface area contributed by atoms with Gasteiger partial charge < -0.3 is 10.2 Å². The highest BCUT2D eigenvalue weighted by Crippen LogP contribution is 2.19. The van der Waals surface area contributed by atoms with E-state index in [4.69, 9.17) is 0 Å².